The molecule has 130 valence electrons. The quantitative estimate of drug-likeness (QED) is 0.414. The average molecular weight is 380 g/mol. The highest BCUT2D eigenvalue weighted by Crippen LogP contribution is 2.27. The summed E-state index contributed by atoms with van der Waals surface area (Å²) in [5, 5.41) is 1.72. The molecule has 0 atom stereocenters. The average Bonchev–Trinajstić information content (AvgIpc) is 2.99. The van der Waals surface area contributed by atoms with E-state index in [0.29, 0.717) is 6.54 Å². The molecule has 0 aliphatic carbocycles. The molecular weight excluding hydrogens is 362 g/mol. The number of aryl methyl sites for hydroxylation is 1. The van der Waals surface area contributed by atoms with Crippen molar-refractivity contribution in [2.24, 2.45) is 0 Å². The van der Waals surface area contributed by atoms with Crippen LogP contribution in [-0.2, 0) is 12.3 Å². The molecule has 5 heteroatoms. The van der Waals surface area contributed by atoms with E-state index in [-0.39, 0.29) is 0 Å². The standard InChI is InChI=1S/C21H18ClN3S/c1-15-7-9-16(10-8-15)14-26-21-24-19-6-3-11-23-20(19)25(21)13-17-4-2-5-18(22)12-17/h2-12H,13-14H2,1H3. The summed E-state index contributed by atoms with van der Waals surface area (Å²) in [5.41, 5.74) is 5.52. The molecule has 2 aromatic carbocycles. The van der Waals surface area contributed by atoms with Crippen LogP contribution < -0.4 is 0 Å². The largest absolute Gasteiger partial charge is 0.299 e. The highest BCUT2D eigenvalue weighted by molar-refractivity contribution is 7.98. The fraction of sp³-hybridized carbons (Fsp3) is 0.143. The Bertz CT molecular complexity index is 1040. The number of pyridine rings is 1. The molecule has 0 N–H and O–H groups in total. The summed E-state index contributed by atoms with van der Waals surface area (Å²) in [7, 11) is 0. The van der Waals surface area contributed by atoms with Gasteiger partial charge in [-0.15, -0.1) is 0 Å². The van der Waals surface area contributed by atoms with Gasteiger partial charge in [0.1, 0.15) is 5.52 Å². The Hall–Kier alpha value is -2.30. The van der Waals surface area contributed by atoms with Crippen molar-refractivity contribution in [1.82, 2.24) is 14.5 Å². The number of imidazole rings is 1. The van der Waals surface area contributed by atoms with Crippen molar-refractivity contribution in [2.75, 3.05) is 0 Å². The van der Waals surface area contributed by atoms with E-state index in [1.54, 1.807) is 11.8 Å². The van der Waals surface area contributed by atoms with Gasteiger partial charge < -0.3 is 0 Å². The predicted octanol–water partition coefficient (Wildman–Crippen LogP) is 5.73. The zero-order valence-electron chi connectivity index (χ0n) is 14.4. The van der Waals surface area contributed by atoms with E-state index in [2.05, 4.69) is 46.8 Å². The van der Waals surface area contributed by atoms with Gasteiger partial charge in [0.2, 0.25) is 0 Å². The van der Waals surface area contributed by atoms with Gasteiger partial charge in [0.05, 0.1) is 6.54 Å². The zero-order valence-corrected chi connectivity index (χ0v) is 16.0. The maximum Gasteiger partial charge on any atom is 0.170 e. The minimum absolute atomic E-state index is 0.699. The molecule has 26 heavy (non-hydrogen) atoms. The lowest BCUT2D eigenvalue weighted by atomic mass is 10.2. The van der Waals surface area contributed by atoms with Gasteiger partial charge in [-0.2, -0.15) is 0 Å². The third-order valence-electron chi connectivity index (χ3n) is 4.19. The summed E-state index contributed by atoms with van der Waals surface area (Å²) < 4.78 is 2.17. The number of thioether (sulfide) groups is 1. The number of halogens is 1. The van der Waals surface area contributed by atoms with E-state index < -0.39 is 0 Å². The highest BCUT2D eigenvalue weighted by Gasteiger charge is 2.13. The van der Waals surface area contributed by atoms with Gasteiger partial charge in [-0.3, -0.25) is 4.57 Å². The first kappa shape index (κ1) is 17.1. The maximum atomic E-state index is 6.15. The van der Waals surface area contributed by atoms with Gasteiger partial charge >= 0.3 is 0 Å². The molecule has 0 radical (unpaired) electrons. The molecule has 0 fully saturated rings. The zero-order chi connectivity index (χ0) is 17.9. The van der Waals surface area contributed by atoms with E-state index in [4.69, 9.17) is 16.6 Å². The molecule has 0 spiro atoms. The Morgan fingerprint density at radius 1 is 1.00 bits per heavy atom. The summed E-state index contributed by atoms with van der Waals surface area (Å²) in [4.78, 5) is 9.34. The van der Waals surface area contributed by atoms with Crippen molar-refractivity contribution < 1.29 is 0 Å². The van der Waals surface area contributed by atoms with Crippen molar-refractivity contribution in [3.8, 4) is 0 Å². The summed E-state index contributed by atoms with van der Waals surface area (Å²) in [6.45, 7) is 2.80. The normalized spacial score (nSPS) is 11.2. The Balaban J connectivity index is 1.65. The van der Waals surface area contributed by atoms with Crippen LogP contribution in [0.5, 0.6) is 0 Å². The molecule has 2 aromatic heterocycles. The van der Waals surface area contributed by atoms with Crippen LogP contribution in [0.2, 0.25) is 5.02 Å². The van der Waals surface area contributed by atoms with Crippen LogP contribution in [-0.4, -0.2) is 14.5 Å². The van der Waals surface area contributed by atoms with Crippen molar-refractivity contribution >= 4 is 34.5 Å². The lowest BCUT2D eigenvalue weighted by molar-refractivity contribution is 0.724. The van der Waals surface area contributed by atoms with Crippen molar-refractivity contribution in [3.05, 3.63) is 88.6 Å². The van der Waals surface area contributed by atoms with E-state index in [1.165, 1.54) is 11.1 Å². The molecule has 3 nitrogen and oxygen atoms in total. The van der Waals surface area contributed by atoms with Crippen molar-refractivity contribution in [1.29, 1.82) is 0 Å². The number of aromatic nitrogens is 3. The Kier molecular flexibility index (Phi) is 4.96. The van der Waals surface area contributed by atoms with Gasteiger partial charge in [0.15, 0.2) is 10.8 Å². The fourth-order valence-electron chi connectivity index (χ4n) is 2.84. The van der Waals surface area contributed by atoms with Crippen LogP contribution in [0, 0.1) is 6.92 Å². The first-order valence-corrected chi connectivity index (χ1v) is 9.79. The fourth-order valence-corrected chi connectivity index (χ4v) is 4.01. The smallest absolute Gasteiger partial charge is 0.170 e. The molecular formula is C21H18ClN3S. The second-order valence-corrected chi connectivity index (χ2v) is 7.61. The van der Waals surface area contributed by atoms with Crippen LogP contribution in [0.4, 0.5) is 0 Å². The van der Waals surface area contributed by atoms with E-state index in [9.17, 15) is 0 Å². The van der Waals surface area contributed by atoms with Gasteiger partial charge in [-0.05, 0) is 42.3 Å². The van der Waals surface area contributed by atoms with E-state index in [0.717, 1.165) is 32.7 Å². The first-order chi connectivity index (χ1) is 12.7. The lowest BCUT2D eigenvalue weighted by Gasteiger charge is -2.09. The molecule has 0 bridgehead atoms. The van der Waals surface area contributed by atoms with Crippen molar-refractivity contribution in [3.63, 3.8) is 0 Å². The van der Waals surface area contributed by atoms with E-state index in [1.807, 2.05) is 36.5 Å². The Morgan fingerprint density at radius 3 is 2.65 bits per heavy atom. The molecule has 4 aromatic rings. The SMILES string of the molecule is Cc1ccc(CSc2nc3cccnc3n2Cc2cccc(Cl)c2)cc1. The molecule has 0 unspecified atom stereocenters. The van der Waals surface area contributed by atoms with Crippen LogP contribution in [0.3, 0.4) is 0 Å². The summed E-state index contributed by atoms with van der Waals surface area (Å²) in [5.74, 6) is 0.874. The van der Waals surface area contributed by atoms with Crippen molar-refractivity contribution in [2.45, 2.75) is 24.4 Å². The predicted molar refractivity (Wildman–Crippen MR) is 109 cm³/mol. The summed E-state index contributed by atoms with van der Waals surface area (Å²) >= 11 is 7.89. The van der Waals surface area contributed by atoms with Crippen LogP contribution >= 0.6 is 23.4 Å². The second kappa shape index (κ2) is 7.52. The van der Waals surface area contributed by atoms with Crippen LogP contribution in [0.15, 0.2) is 72.0 Å². The van der Waals surface area contributed by atoms with E-state index >= 15 is 0 Å². The van der Waals surface area contributed by atoms with Gasteiger partial charge in [0, 0.05) is 17.0 Å². The van der Waals surface area contributed by atoms with Gasteiger partial charge in [-0.25, -0.2) is 9.97 Å². The molecule has 0 saturated carbocycles. The van der Waals surface area contributed by atoms with Gasteiger partial charge in [-0.1, -0.05) is 65.3 Å². The highest BCUT2D eigenvalue weighted by atomic mass is 35.5. The lowest BCUT2D eigenvalue weighted by Crippen LogP contribution is -2.02. The number of benzene rings is 2. The van der Waals surface area contributed by atoms with Crippen LogP contribution in [0.1, 0.15) is 16.7 Å². The number of fused-ring (bicyclic) bond motifs is 1. The third kappa shape index (κ3) is 3.76. The minimum Gasteiger partial charge on any atom is -0.299 e. The summed E-state index contributed by atoms with van der Waals surface area (Å²) in [6, 6.07) is 20.5. The molecule has 0 saturated heterocycles. The number of hydrogen-bond acceptors (Lipinski definition) is 3. The number of hydrogen-bond donors (Lipinski definition) is 0. The second-order valence-electron chi connectivity index (χ2n) is 6.23. The van der Waals surface area contributed by atoms with Gasteiger partial charge in [0.25, 0.3) is 0 Å². The molecule has 0 aliphatic rings. The molecule has 0 amide bonds. The minimum atomic E-state index is 0.699. The topological polar surface area (TPSA) is 30.7 Å². The Labute approximate surface area is 162 Å². The molecule has 4 rings (SSSR count). The number of nitrogens with zero attached hydrogens (tertiary/aromatic N) is 3. The molecule has 2 heterocycles. The third-order valence-corrected chi connectivity index (χ3v) is 5.47. The monoisotopic (exact) mass is 379 g/mol. The van der Waals surface area contributed by atoms with Crippen LogP contribution in [0.25, 0.3) is 11.2 Å². The molecule has 0 aliphatic heterocycles. The number of rotatable bonds is 5. The first-order valence-electron chi connectivity index (χ1n) is 8.43. The maximum absolute atomic E-state index is 6.15. The summed E-state index contributed by atoms with van der Waals surface area (Å²) in [6.07, 6.45) is 1.81. The Morgan fingerprint density at radius 2 is 1.85 bits per heavy atom.